The summed E-state index contributed by atoms with van der Waals surface area (Å²) in [5, 5.41) is 6.79. The van der Waals surface area contributed by atoms with E-state index in [9.17, 15) is 4.57 Å². The van der Waals surface area contributed by atoms with E-state index in [1.54, 1.807) is 66.6 Å². The molecule has 170 valence electrons. The SMILES string of the molecule is CCC(C)(Oc1ccc(CP(=O)(O)O)cc1)[P+](=S)N(C)/N=C/c1ccc(ON=[N+]=[N-])cc1. The maximum absolute atomic E-state index is 11.2. The van der Waals surface area contributed by atoms with Gasteiger partial charge in [-0.2, -0.15) is 0 Å². The van der Waals surface area contributed by atoms with Crippen LogP contribution in [0, 0.1) is 0 Å². The number of nitrogens with zero attached hydrogens (tertiary/aromatic N) is 5. The van der Waals surface area contributed by atoms with Gasteiger partial charge in [0.25, 0.3) is 5.34 Å². The van der Waals surface area contributed by atoms with Crippen LogP contribution in [0.1, 0.15) is 31.4 Å². The van der Waals surface area contributed by atoms with Crippen LogP contribution in [0.4, 0.5) is 0 Å². The third kappa shape index (κ3) is 7.88. The zero-order chi connectivity index (χ0) is 23.8. The summed E-state index contributed by atoms with van der Waals surface area (Å²) in [7, 11) is -2.34. The summed E-state index contributed by atoms with van der Waals surface area (Å²) in [6.07, 6.45) is 1.98. The summed E-state index contributed by atoms with van der Waals surface area (Å²) in [6.45, 7) is 2.64. The Morgan fingerprint density at radius 2 is 1.81 bits per heavy atom. The van der Waals surface area contributed by atoms with Crippen LogP contribution in [0.15, 0.2) is 58.9 Å². The van der Waals surface area contributed by atoms with E-state index in [2.05, 4.69) is 15.3 Å². The average molecular weight is 496 g/mol. The first-order chi connectivity index (χ1) is 15.1. The van der Waals surface area contributed by atoms with Gasteiger partial charge in [0.05, 0.1) is 19.4 Å². The summed E-state index contributed by atoms with van der Waals surface area (Å²) >= 11 is 5.76. The predicted molar refractivity (Wildman–Crippen MR) is 127 cm³/mol. The Balaban J connectivity index is 2.06. The third-order valence-corrected chi connectivity index (χ3v) is 8.90. The van der Waals surface area contributed by atoms with Gasteiger partial charge in [-0.3, -0.25) is 4.57 Å². The Bertz CT molecular complexity index is 1050. The van der Waals surface area contributed by atoms with Gasteiger partial charge in [-0.25, -0.2) is 0 Å². The molecule has 0 spiro atoms. The molecule has 0 radical (unpaired) electrons. The van der Waals surface area contributed by atoms with Gasteiger partial charge < -0.3 is 19.4 Å². The number of hydrogen-bond acceptors (Lipinski definition) is 6. The Morgan fingerprint density at radius 3 is 2.34 bits per heavy atom. The van der Waals surface area contributed by atoms with E-state index < -0.39 is 19.8 Å². The van der Waals surface area contributed by atoms with Crippen LogP contribution >= 0.6 is 14.4 Å². The Kier molecular flexibility index (Phi) is 9.16. The monoisotopic (exact) mass is 496 g/mol. The smallest absolute Gasteiger partial charge is 0.358 e. The number of hydrazone groups is 1. The molecule has 2 atom stereocenters. The van der Waals surface area contributed by atoms with E-state index in [0.29, 0.717) is 23.5 Å². The minimum absolute atomic E-state index is 0.317. The second-order valence-electron chi connectivity index (χ2n) is 6.94. The first-order valence-electron chi connectivity index (χ1n) is 9.45. The third-order valence-electron chi connectivity index (χ3n) is 4.41. The van der Waals surface area contributed by atoms with Gasteiger partial charge in [0.15, 0.2) is 11.8 Å². The van der Waals surface area contributed by atoms with Gasteiger partial charge in [0.2, 0.25) is 0 Å². The van der Waals surface area contributed by atoms with Crippen LogP contribution < -0.4 is 9.57 Å². The van der Waals surface area contributed by atoms with Crippen molar-refractivity contribution in [2.45, 2.75) is 31.8 Å². The molecule has 0 saturated carbocycles. The number of hydrogen-bond donors (Lipinski definition) is 2. The van der Waals surface area contributed by atoms with Crippen molar-refractivity contribution in [3.05, 3.63) is 70.1 Å². The van der Waals surface area contributed by atoms with E-state index in [0.717, 1.165) is 5.56 Å². The lowest BCUT2D eigenvalue weighted by Gasteiger charge is -2.23. The van der Waals surface area contributed by atoms with Crippen LogP contribution in [0.25, 0.3) is 10.4 Å². The molecule has 2 aromatic rings. The van der Waals surface area contributed by atoms with Crippen molar-refractivity contribution >= 4 is 32.5 Å². The molecule has 0 aliphatic carbocycles. The highest BCUT2D eigenvalue weighted by Crippen LogP contribution is 2.46. The fourth-order valence-electron chi connectivity index (χ4n) is 2.58. The molecule has 0 saturated heterocycles. The number of benzene rings is 2. The zero-order valence-corrected chi connectivity index (χ0v) is 20.4. The maximum Gasteiger partial charge on any atom is 0.358 e. The molecular formula is C19H24N5O5P2S+. The molecule has 2 aromatic carbocycles. The lowest BCUT2D eigenvalue weighted by Crippen LogP contribution is -2.30. The van der Waals surface area contributed by atoms with Crippen LogP contribution in [-0.4, -0.2) is 33.2 Å². The van der Waals surface area contributed by atoms with E-state index in [1.807, 2.05) is 13.8 Å². The zero-order valence-electron chi connectivity index (χ0n) is 17.8. The molecule has 32 heavy (non-hydrogen) atoms. The molecular weight excluding hydrogens is 472 g/mol. The van der Waals surface area contributed by atoms with Gasteiger partial charge in [-0.05, 0) is 53.1 Å². The topological polar surface area (TPSA) is 140 Å². The second-order valence-corrected chi connectivity index (χ2v) is 11.7. The molecule has 0 bridgehead atoms. The second kappa shape index (κ2) is 11.4. The van der Waals surface area contributed by atoms with Gasteiger partial charge in [-0.1, -0.05) is 19.1 Å². The van der Waals surface area contributed by atoms with Gasteiger partial charge in [0.1, 0.15) is 16.8 Å². The van der Waals surface area contributed by atoms with Crippen LogP contribution in [0.5, 0.6) is 11.5 Å². The molecule has 0 fully saturated rings. The van der Waals surface area contributed by atoms with Crippen molar-refractivity contribution < 1.29 is 23.9 Å². The van der Waals surface area contributed by atoms with Gasteiger partial charge in [-0.15, -0.1) is 9.88 Å². The molecule has 2 rings (SSSR count). The molecule has 0 aliphatic rings. The van der Waals surface area contributed by atoms with Gasteiger partial charge in [0, 0.05) is 18.3 Å². The molecule has 13 heteroatoms. The quantitative estimate of drug-likeness (QED) is 0.107. The first kappa shape index (κ1) is 25.7. The highest BCUT2D eigenvalue weighted by atomic mass is 32.4. The lowest BCUT2D eigenvalue weighted by molar-refractivity contribution is 0.171. The highest BCUT2D eigenvalue weighted by Gasteiger charge is 2.45. The minimum Gasteiger partial charge on any atom is -0.445 e. The van der Waals surface area contributed by atoms with Crippen LogP contribution in [0.2, 0.25) is 0 Å². The summed E-state index contributed by atoms with van der Waals surface area (Å²) in [5.74, 6) is 0.978. The maximum atomic E-state index is 11.2. The minimum atomic E-state index is -4.12. The first-order valence-corrected chi connectivity index (χ1v) is 13.6. The average Bonchev–Trinajstić information content (AvgIpc) is 2.76. The van der Waals surface area contributed by atoms with Crippen molar-refractivity contribution in [3.63, 3.8) is 0 Å². The Morgan fingerprint density at radius 1 is 1.22 bits per heavy atom. The summed E-state index contributed by atoms with van der Waals surface area (Å²) < 4.78 is 19.0. The molecule has 10 nitrogen and oxygen atoms in total. The number of azide groups is 1. The summed E-state index contributed by atoms with van der Waals surface area (Å²) in [6, 6.07) is 13.5. The van der Waals surface area contributed by atoms with Crippen LogP contribution in [-0.2, 0) is 22.5 Å². The van der Waals surface area contributed by atoms with E-state index in [1.165, 1.54) is 0 Å². The molecule has 2 N–H and O–H groups in total. The molecule has 0 aromatic heterocycles. The molecule has 0 aliphatic heterocycles. The fourth-order valence-corrected chi connectivity index (χ4v) is 5.11. The molecule has 0 heterocycles. The molecule has 0 amide bonds. The van der Waals surface area contributed by atoms with E-state index in [-0.39, 0.29) is 6.16 Å². The van der Waals surface area contributed by atoms with Crippen molar-refractivity contribution in [1.29, 1.82) is 0 Å². The number of rotatable bonds is 11. The largest absolute Gasteiger partial charge is 0.445 e. The van der Waals surface area contributed by atoms with Crippen molar-refractivity contribution in [1.82, 2.24) is 4.78 Å². The van der Waals surface area contributed by atoms with Crippen LogP contribution in [0.3, 0.4) is 0 Å². The van der Waals surface area contributed by atoms with Crippen molar-refractivity contribution in [2.24, 2.45) is 10.4 Å². The van der Waals surface area contributed by atoms with Crippen molar-refractivity contribution in [2.75, 3.05) is 7.05 Å². The highest BCUT2D eigenvalue weighted by molar-refractivity contribution is 8.04. The fraction of sp³-hybridized carbons (Fsp3) is 0.316. The van der Waals surface area contributed by atoms with Gasteiger partial charge >= 0.3 is 14.4 Å². The normalized spacial score (nSPS) is 13.7. The Labute approximate surface area is 192 Å². The summed E-state index contributed by atoms with van der Waals surface area (Å²) in [4.78, 5) is 25.5. The van der Waals surface area contributed by atoms with Crippen molar-refractivity contribution in [3.8, 4) is 11.5 Å². The standard InChI is InChI=1S/C19H23N5O5P2S/c1-4-19(2,28-17-9-7-16(8-10-17)14-31(25,26)27)30(32)24(3)21-13-15-5-11-18(12-6-15)29-23-22-20/h5-13H,4,14H2,1-3H3,(H-,25,26,27)/p+1/b21-13+. The Hall–Kier alpha value is -2.51. The predicted octanol–water partition coefficient (Wildman–Crippen LogP) is 5.30. The molecule has 2 unspecified atom stereocenters. The van der Waals surface area contributed by atoms with E-state index in [4.69, 9.17) is 36.7 Å². The summed E-state index contributed by atoms with van der Waals surface area (Å²) in [5.41, 5.74) is 9.61. The van der Waals surface area contributed by atoms with E-state index >= 15 is 0 Å². The lowest BCUT2D eigenvalue weighted by atomic mass is 10.2. The number of ether oxygens (including phenoxy) is 1.